The second-order valence-corrected chi connectivity index (χ2v) is 8.93. The molecule has 0 fully saturated rings. The van der Waals surface area contributed by atoms with Gasteiger partial charge in [0, 0.05) is 0 Å². The molecule has 2 heterocycles. The SMILES string of the molecule is Cc1ccc(S(=O)(=O)c2ccc(C(=O)Nc3nc4ccc(F)cc4s3)o2)cc1. The van der Waals surface area contributed by atoms with Crippen molar-refractivity contribution in [2.75, 3.05) is 5.32 Å². The summed E-state index contributed by atoms with van der Waals surface area (Å²) in [5.74, 6) is -1.22. The zero-order valence-electron chi connectivity index (χ0n) is 14.5. The summed E-state index contributed by atoms with van der Waals surface area (Å²) in [5.41, 5.74) is 1.47. The number of hydrogen-bond donors (Lipinski definition) is 1. The van der Waals surface area contributed by atoms with Crippen LogP contribution in [-0.4, -0.2) is 19.3 Å². The van der Waals surface area contributed by atoms with E-state index in [1.807, 2.05) is 6.92 Å². The van der Waals surface area contributed by atoms with Gasteiger partial charge in [0.05, 0.1) is 15.1 Å². The minimum Gasteiger partial charge on any atom is -0.439 e. The van der Waals surface area contributed by atoms with Gasteiger partial charge in [-0.2, -0.15) is 0 Å². The third kappa shape index (κ3) is 3.41. The number of benzene rings is 2. The van der Waals surface area contributed by atoms with Gasteiger partial charge in [-0.3, -0.25) is 10.1 Å². The molecule has 142 valence electrons. The van der Waals surface area contributed by atoms with E-state index in [1.54, 1.807) is 12.1 Å². The van der Waals surface area contributed by atoms with Gasteiger partial charge >= 0.3 is 0 Å². The van der Waals surface area contributed by atoms with Crippen molar-refractivity contribution in [3.05, 3.63) is 71.7 Å². The molecule has 0 aliphatic heterocycles. The highest BCUT2D eigenvalue weighted by Gasteiger charge is 2.24. The van der Waals surface area contributed by atoms with Crippen LogP contribution in [0.25, 0.3) is 10.2 Å². The Kier molecular flexibility index (Phi) is 4.48. The first-order valence-corrected chi connectivity index (χ1v) is 10.4. The standard InChI is InChI=1S/C19H13FN2O4S2/c1-11-2-5-13(6-3-11)28(24,25)17-9-8-15(26-17)18(23)22-19-21-14-7-4-12(20)10-16(14)27-19/h2-10H,1H3,(H,21,22,23). The molecule has 0 aliphatic rings. The largest absolute Gasteiger partial charge is 0.439 e. The van der Waals surface area contributed by atoms with E-state index in [2.05, 4.69) is 10.3 Å². The van der Waals surface area contributed by atoms with Crippen molar-refractivity contribution in [1.82, 2.24) is 4.98 Å². The summed E-state index contributed by atoms with van der Waals surface area (Å²) < 4.78 is 44.4. The van der Waals surface area contributed by atoms with Crippen LogP contribution in [-0.2, 0) is 9.84 Å². The quantitative estimate of drug-likeness (QED) is 0.532. The lowest BCUT2D eigenvalue weighted by Gasteiger charge is -2.02. The Morgan fingerprint density at radius 1 is 1.11 bits per heavy atom. The van der Waals surface area contributed by atoms with Crippen LogP contribution in [0.1, 0.15) is 16.1 Å². The van der Waals surface area contributed by atoms with Crippen molar-refractivity contribution >= 4 is 42.4 Å². The maximum Gasteiger partial charge on any atom is 0.293 e. The number of fused-ring (bicyclic) bond motifs is 1. The van der Waals surface area contributed by atoms with E-state index >= 15 is 0 Å². The lowest BCUT2D eigenvalue weighted by Crippen LogP contribution is -2.10. The lowest BCUT2D eigenvalue weighted by molar-refractivity contribution is 0.0991. The number of hydrogen-bond acceptors (Lipinski definition) is 6. The number of nitrogens with one attached hydrogen (secondary N) is 1. The molecule has 1 N–H and O–H groups in total. The highest BCUT2D eigenvalue weighted by molar-refractivity contribution is 7.91. The fourth-order valence-electron chi connectivity index (χ4n) is 2.53. The zero-order valence-corrected chi connectivity index (χ0v) is 16.1. The third-order valence-electron chi connectivity index (χ3n) is 3.97. The van der Waals surface area contributed by atoms with E-state index in [9.17, 15) is 17.6 Å². The van der Waals surface area contributed by atoms with Gasteiger partial charge in [-0.15, -0.1) is 0 Å². The van der Waals surface area contributed by atoms with Gasteiger partial charge in [0.1, 0.15) is 5.82 Å². The number of carbonyl (C=O) groups is 1. The first-order chi connectivity index (χ1) is 13.3. The second-order valence-electron chi connectivity index (χ2n) is 6.02. The van der Waals surface area contributed by atoms with Crippen molar-refractivity contribution in [3.8, 4) is 0 Å². The number of rotatable bonds is 4. The minimum absolute atomic E-state index is 0.0765. The number of aryl methyl sites for hydroxylation is 1. The average molecular weight is 416 g/mol. The number of anilines is 1. The molecule has 6 nitrogen and oxygen atoms in total. The van der Waals surface area contributed by atoms with Crippen molar-refractivity contribution in [2.45, 2.75) is 16.9 Å². The Morgan fingerprint density at radius 3 is 2.61 bits per heavy atom. The summed E-state index contributed by atoms with van der Waals surface area (Å²) >= 11 is 1.10. The van der Waals surface area contributed by atoms with Crippen LogP contribution in [0.3, 0.4) is 0 Å². The monoisotopic (exact) mass is 416 g/mol. The summed E-state index contributed by atoms with van der Waals surface area (Å²) in [5, 5.41) is 2.47. The number of amides is 1. The molecule has 0 aliphatic carbocycles. The Balaban J connectivity index is 1.57. The molecule has 4 rings (SSSR count). The average Bonchev–Trinajstić information content (AvgIpc) is 3.28. The first-order valence-electron chi connectivity index (χ1n) is 8.12. The van der Waals surface area contributed by atoms with Crippen molar-refractivity contribution in [3.63, 3.8) is 0 Å². The summed E-state index contributed by atoms with van der Waals surface area (Å²) in [7, 11) is -3.87. The van der Waals surface area contributed by atoms with E-state index in [4.69, 9.17) is 4.42 Å². The van der Waals surface area contributed by atoms with E-state index in [0.29, 0.717) is 10.2 Å². The number of nitrogens with zero attached hydrogens (tertiary/aromatic N) is 1. The molecule has 0 radical (unpaired) electrons. The van der Waals surface area contributed by atoms with E-state index in [1.165, 1.54) is 42.5 Å². The van der Waals surface area contributed by atoms with Crippen LogP contribution >= 0.6 is 11.3 Å². The molecule has 2 aromatic heterocycles. The zero-order chi connectivity index (χ0) is 19.9. The fraction of sp³-hybridized carbons (Fsp3) is 0.0526. The Hall–Kier alpha value is -3.04. The summed E-state index contributed by atoms with van der Waals surface area (Å²) in [6.07, 6.45) is 0. The smallest absolute Gasteiger partial charge is 0.293 e. The molecule has 1 amide bonds. The molecule has 0 unspecified atom stereocenters. The maximum absolute atomic E-state index is 13.3. The van der Waals surface area contributed by atoms with Crippen LogP contribution in [0.15, 0.2) is 69.0 Å². The van der Waals surface area contributed by atoms with Gasteiger partial charge < -0.3 is 4.42 Å². The number of aromatic nitrogens is 1. The molecule has 0 atom stereocenters. The van der Waals surface area contributed by atoms with Crippen molar-refractivity contribution in [2.24, 2.45) is 0 Å². The molecule has 0 bridgehead atoms. The fourth-order valence-corrected chi connectivity index (χ4v) is 4.59. The van der Waals surface area contributed by atoms with Crippen molar-refractivity contribution < 1.29 is 22.0 Å². The first kappa shape index (κ1) is 18.3. The van der Waals surface area contributed by atoms with Gasteiger partial charge in [0.2, 0.25) is 14.9 Å². The van der Waals surface area contributed by atoms with Gasteiger partial charge in [-0.25, -0.2) is 17.8 Å². The van der Waals surface area contributed by atoms with Crippen LogP contribution < -0.4 is 5.32 Å². The second kappa shape index (κ2) is 6.84. The highest BCUT2D eigenvalue weighted by Crippen LogP contribution is 2.28. The Labute approximate surface area is 163 Å². The molecular weight excluding hydrogens is 403 g/mol. The molecule has 28 heavy (non-hydrogen) atoms. The summed E-state index contributed by atoms with van der Waals surface area (Å²) in [4.78, 5) is 16.6. The predicted octanol–water partition coefficient (Wildman–Crippen LogP) is 4.42. The summed E-state index contributed by atoms with van der Waals surface area (Å²) in [6, 6.07) is 12.9. The van der Waals surface area contributed by atoms with Gasteiger partial charge in [0.25, 0.3) is 5.91 Å². The summed E-state index contributed by atoms with van der Waals surface area (Å²) in [6.45, 7) is 1.85. The van der Waals surface area contributed by atoms with Crippen LogP contribution in [0.4, 0.5) is 9.52 Å². The Morgan fingerprint density at radius 2 is 1.86 bits per heavy atom. The number of carbonyl (C=O) groups excluding carboxylic acids is 1. The maximum atomic E-state index is 13.3. The van der Waals surface area contributed by atoms with Crippen LogP contribution in [0.5, 0.6) is 0 Å². The molecule has 4 aromatic rings. The van der Waals surface area contributed by atoms with E-state index < -0.39 is 21.6 Å². The van der Waals surface area contributed by atoms with E-state index in [0.717, 1.165) is 16.9 Å². The van der Waals surface area contributed by atoms with Gasteiger partial charge in [-0.05, 0) is 49.4 Å². The van der Waals surface area contributed by atoms with Crippen molar-refractivity contribution in [1.29, 1.82) is 0 Å². The third-order valence-corrected chi connectivity index (χ3v) is 6.55. The number of thiazole rings is 1. The molecule has 0 saturated carbocycles. The van der Waals surface area contributed by atoms with Crippen LogP contribution in [0, 0.1) is 12.7 Å². The molecule has 0 spiro atoms. The van der Waals surface area contributed by atoms with Gasteiger partial charge in [-0.1, -0.05) is 29.0 Å². The highest BCUT2D eigenvalue weighted by atomic mass is 32.2. The number of furan rings is 1. The topological polar surface area (TPSA) is 89.3 Å². The predicted molar refractivity (Wildman–Crippen MR) is 103 cm³/mol. The molecule has 2 aromatic carbocycles. The number of halogens is 1. The number of sulfone groups is 1. The molecule has 0 saturated heterocycles. The molecular formula is C19H13FN2O4S2. The normalized spacial score (nSPS) is 11.6. The molecule has 9 heteroatoms. The Bertz CT molecular complexity index is 1290. The van der Waals surface area contributed by atoms with E-state index in [-0.39, 0.29) is 20.9 Å². The van der Waals surface area contributed by atoms with Gasteiger partial charge in [0.15, 0.2) is 10.9 Å². The lowest BCUT2D eigenvalue weighted by atomic mass is 10.2. The van der Waals surface area contributed by atoms with Crippen LogP contribution in [0.2, 0.25) is 0 Å². The minimum atomic E-state index is -3.87.